The van der Waals surface area contributed by atoms with E-state index < -0.39 is 29.2 Å². The molecular weight excluding hydrogens is 428 g/mol. The first-order valence-electron chi connectivity index (χ1n) is 7.09. The summed E-state index contributed by atoms with van der Waals surface area (Å²) in [6.45, 7) is 0. The molecule has 0 fully saturated rings. The molecule has 0 bridgehead atoms. The van der Waals surface area contributed by atoms with Gasteiger partial charge in [0.1, 0.15) is 5.52 Å². The molecule has 3 aromatic rings. The number of rotatable bonds is 3. The summed E-state index contributed by atoms with van der Waals surface area (Å²) in [6.07, 6.45) is -3.36. The largest absolute Gasteiger partial charge is 0.436 e. The van der Waals surface area contributed by atoms with E-state index in [0.29, 0.717) is 0 Å². The Morgan fingerprint density at radius 1 is 1.08 bits per heavy atom. The van der Waals surface area contributed by atoms with Crippen LogP contribution in [0.15, 0.2) is 34.7 Å². The smallest absolute Gasteiger partial charge is 0.416 e. The van der Waals surface area contributed by atoms with Crippen LogP contribution in [0.5, 0.6) is 0 Å². The molecule has 0 unspecified atom stereocenters. The van der Waals surface area contributed by atoms with E-state index in [2.05, 4.69) is 20.9 Å². The molecule has 26 heavy (non-hydrogen) atoms. The minimum Gasteiger partial charge on any atom is -0.436 e. The second kappa shape index (κ2) is 6.79. The van der Waals surface area contributed by atoms with E-state index in [9.17, 15) is 26.3 Å². The van der Waals surface area contributed by atoms with E-state index in [1.165, 1.54) is 6.08 Å². The van der Waals surface area contributed by atoms with Gasteiger partial charge in [0.05, 0.1) is 5.56 Å². The second-order valence-corrected chi connectivity index (χ2v) is 5.83. The Morgan fingerprint density at radius 3 is 2.46 bits per heavy atom. The van der Waals surface area contributed by atoms with Crippen molar-refractivity contribution in [2.75, 3.05) is 5.33 Å². The molecule has 1 heterocycles. The average molecular weight is 436 g/mol. The molecule has 0 radical (unpaired) electrons. The number of fused-ring (bicyclic) bond motifs is 1. The topological polar surface area (TPSA) is 26.0 Å². The highest BCUT2D eigenvalue weighted by Gasteiger charge is 2.31. The lowest BCUT2D eigenvalue weighted by Gasteiger charge is -2.04. The molecule has 0 atom stereocenters. The van der Waals surface area contributed by atoms with E-state index in [1.54, 1.807) is 0 Å². The normalized spacial score (nSPS) is 12.8. The van der Waals surface area contributed by atoms with Gasteiger partial charge >= 0.3 is 6.18 Å². The van der Waals surface area contributed by atoms with Crippen molar-refractivity contribution in [2.24, 2.45) is 0 Å². The van der Waals surface area contributed by atoms with Crippen LogP contribution < -0.4 is 0 Å². The summed E-state index contributed by atoms with van der Waals surface area (Å²) in [7, 11) is 0. The maximum absolute atomic E-state index is 13.8. The highest BCUT2D eigenvalue weighted by atomic mass is 79.9. The zero-order valence-electron chi connectivity index (χ0n) is 12.7. The molecule has 0 aliphatic carbocycles. The van der Waals surface area contributed by atoms with E-state index in [0.717, 1.165) is 30.3 Å². The Hall–Kier alpha value is -2.29. The third kappa shape index (κ3) is 3.48. The van der Waals surface area contributed by atoms with Crippen LogP contribution in [0.2, 0.25) is 0 Å². The number of oxazole rings is 1. The summed E-state index contributed by atoms with van der Waals surface area (Å²) in [5.41, 5.74) is -0.838. The van der Waals surface area contributed by atoms with Crippen LogP contribution in [-0.2, 0) is 6.18 Å². The summed E-state index contributed by atoms with van der Waals surface area (Å²) in [4.78, 5) is 3.97. The molecule has 3 rings (SSSR count). The van der Waals surface area contributed by atoms with E-state index in [1.807, 2.05) is 0 Å². The van der Waals surface area contributed by atoms with E-state index in [4.69, 9.17) is 4.42 Å². The molecule has 0 saturated heterocycles. The van der Waals surface area contributed by atoms with Gasteiger partial charge in [0.15, 0.2) is 23.0 Å². The number of aromatic nitrogens is 1. The van der Waals surface area contributed by atoms with Gasteiger partial charge in [-0.15, -0.1) is 0 Å². The zero-order valence-corrected chi connectivity index (χ0v) is 14.3. The fourth-order valence-electron chi connectivity index (χ4n) is 2.24. The van der Waals surface area contributed by atoms with Crippen LogP contribution >= 0.6 is 15.9 Å². The van der Waals surface area contributed by atoms with Crippen LogP contribution in [0.1, 0.15) is 17.0 Å². The zero-order chi connectivity index (χ0) is 19.1. The number of hydrogen-bond donors (Lipinski definition) is 0. The quantitative estimate of drug-likeness (QED) is 0.278. The third-order valence-corrected chi connectivity index (χ3v) is 4.13. The lowest BCUT2D eigenvalue weighted by molar-refractivity contribution is -0.137. The number of hydrogen-bond acceptors (Lipinski definition) is 2. The Morgan fingerprint density at radius 2 is 1.81 bits per heavy atom. The van der Waals surface area contributed by atoms with Gasteiger partial charge in [0.2, 0.25) is 5.89 Å². The molecule has 2 nitrogen and oxygen atoms in total. The summed E-state index contributed by atoms with van der Waals surface area (Å²) in [6, 6.07) is 4.59. The highest BCUT2D eigenvalue weighted by Crippen LogP contribution is 2.32. The van der Waals surface area contributed by atoms with Crippen LogP contribution in [0.4, 0.5) is 26.3 Å². The first-order chi connectivity index (χ1) is 12.2. The predicted molar refractivity (Wildman–Crippen MR) is 87.0 cm³/mol. The SMILES string of the molecule is Fc1ccc(/C=C(/CBr)c2nc3cc(C(F)(F)F)ccc3o2)c(F)c1F. The van der Waals surface area contributed by atoms with Crippen LogP contribution in [0, 0.1) is 17.5 Å². The molecule has 136 valence electrons. The van der Waals surface area contributed by atoms with Crippen molar-refractivity contribution in [3.63, 3.8) is 0 Å². The summed E-state index contributed by atoms with van der Waals surface area (Å²) in [5, 5.41) is 0.0877. The molecule has 0 spiro atoms. The molecule has 9 heteroatoms. The maximum Gasteiger partial charge on any atom is 0.416 e. The van der Waals surface area contributed by atoms with Crippen molar-refractivity contribution in [3.8, 4) is 0 Å². The fraction of sp³-hybridized carbons (Fsp3) is 0.118. The molecule has 0 saturated carbocycles. The van der Waals surface area contributed by atoms with Gasteiger partial charge in [-0.1, -0.05) is 15.9 Å². The number of alkyl halides is 4. The molecule has 2 aromatic carbocycles. The summed E-state index contributed by atoms with van der Waals surface area (Å²) >= 11 is 3.13. The van der Waals surface area contributed by atoms with Crippen LogP contribution in [-0.4, -0.2) is 10.3 Å². The maximum atomic E-state index is 13.8. The second-order valence-electron chi connectivity index (χ2n) is 5.27. The van der Waals surface area contributed by atoms with Crippen LogP contribution in [0.3, 0.4) is 0 Å². The summed E-state index contributed by atoms with van der Waals surface area (Å²) < 4.78 is 83.8. The minimum atomic E-state index is -4.53. The van der Waals surface area contributed by atoms with Gasteiger partial charge in [-0.2, -0.15) is 13.2 Å². The van der Waals surface area contributed by atoms with Crippen LogP contribution in [0.25, 0.3) is 22.7 Å². The number of allylic oxidation sites excluding steroid dienone is 1. The third-order valence-electron chi connectivity index (χ3n) is 3.53. The van der Waals surface area contributed by atoms with Crippen molar-refractivity contribution in [3.05, 3.63) is 64.8 Å². The Bertz CT molecular complexity index is 1010. The predicted octanol–water partition coefficient (Wildman–Crippen LogP) is 6.20. The molecule has 0 N–H and O–H groups in total. The van der Waals surface area contributed by atoms with Crippen molar-refractivity contribution in [2.45, 2.75) is 6.18 Å². The lowest BCUT2D eigenvalue weighted by atomic mass is 10.1. The van der Waals surface area contributed by atoms with Gasteiger partial charge in [-0.05, 0) is 36.4 Å². The van der Waals surface area contributed by atoms with Crippen molar-refractivity contribution >= 4 is 38.7 Å². The standard InChI is InChI=1S/C17H8BrF6NO/c18-7-9(5-8-1-3-11(19)15(21)14(8)20)16-25-12-6-10(17(22,23)24)2-4-13(12)26-16/h1-6H,7H2/b9-5-. The highest BCUT2D eigenvalue weighted by molar-refractivity contribution is 9.09. The Labute approximate surface area is 151 Å². The number of halogens is 7. The number of nitrogens with zero attached hydrogens (tertiary/aromatic N) is 1. The van der Waals surface area contributed by atoms with Crippen molar-refractivity contribution in [1.82, 2.24) is 4.98 Å². The number of benzene rings is 2. The van der Waals surface area contributed by atoms with E-state index in [-0.39, 0.29) is 33.5 Å². The molecule has 0 aliphatic heterocycles. The Balaban J connectivity index is 2.07. The fourth-order valence-corrected chi connectivity index (χ4v) is 2.64. The lowest BCUT2D eigenvalue weighted by Crippen LogP contribution is -2.03. The first-order valence-corrected chi connectivity index (χ1v) is 8.21. The minimum absolute atomic E-state index is 0.0348. The van der Waals surface area contributed by atoms with Crippen molar-refractivity contribution in [1.29, 1.82) is 0 Å². The van der Waals surface area contributed by atoms with Gasteiger partial charge in [-0.25, -0.2) is 18.2 Å². The van der Waals surface area contributed by atoms with Gasteiger partial charge in [-0.3, -0.25) is 0 Å². The Kier molecular flexibility index (Phi) is 4.83. The molecule has 1 aromatic heterocycles. The van der Waals surface area contributed by atoms with Gasteiger partial charge < -0.3 is 4.42 Å². The van der Waals surface area contributed by atoms with E-state index >= 15 is 0 Å². The van der Waals surface area contributed by atoms with Gasteiger partial charge in [0, 0.05) is 16.5 Å². The van der Waals surface area contributed by atoms with Gasteiger partial charge in [0.25, 0.3) is 0 Å². The average Bonchev–Trinajstić information content (AvgIpc) is 3.01. The first kappa shape index (κ1) is 18.5. The molecular formula is C17H8BrF6NO. The molecule has 0 aliphatic rings. The monoisotopic (exact) mass is 435 g/mol. The summed E-state index contributed by atoms with van der Waals surface area (Å²) in [5.74, 6) is -4.42. The van der Waals surface area contributed by atoms with Crippen molar-refractivity contribution < 1.29 is 30.8 Å². The molecule has 0 amide bonds.